The van der Waals surface area contributed by atoms with Crippen LogP contribution in [0.1, 0.15) is 30.9 Å². The Labute approximate surface area is 117 Å². The van der Waals surface area contributed by atoms with Crippen molar-refractivity contribution in [3.05, 3.63) is 41.5 Å². The minimum absolute atomic E-state index is 0.0742. The number of nitrogens with zero attached hydrogens (tertiary/aromatic N) is 2. The van der Waals surface area contributed by atoms with Crippen LogP contribution >= 0.6 is 0 Å². The molecule has 5 nitrogen and oxygen atoms in total. The van der Waals surface area contributed by atoms with E-state index in [2.05, 4.69) is 15.4 Å². The maximum absolute atomic E-state index is 13.8. The number of aryl methyl sites for hydroxylation is 1. The van der Waals surface area contributed by atoms with Gasteiger partial charge in [-0.2, -0.15) is 0 Å². The van der Waals surface area contributed by atoms with Gasteiger partial charge in [0.1, 0.15) is 6.33 Å². The van der Waals surface area contributed by atoms with Crippen molar-refractivity contribution in [2.75, 3.05) is 5.43 Å². The van der Waals surface area contributed by atoms with E-state index in [4.69, 9.17) is 10.6 Å². The van der Waals surface area contributed by atoms with Crippen LogP contribution in [0, 0.1) is 12.7 Å². The minimum Gasteiger partial charge on any atom is -0.435 e. The Morgan fingerprint density at radius 2 is 2.05 bits per heavy atom. The minimum atomic E-state index is -0.439. The molecule has 3 N–H and O–H groups in total. The molecule has 106 valence electrons. The third kappa shape index (κ3) is 2.85. The fourth-order valence-corrected chi connectivity index (χ4v) is 1.89. The van der Waals surface area contributed by atoms with Gasteiger partial charge in [-0.05, 0) is 30.5 Å². The van der Waals surface area contributed by atoms with E-state index in [1.807, 2.05) is 20.8 Å². The van der Waals surface area contributed by atoms with Crippen molar-refractivity contribution in [1.29, 1.82) is 0 Å². The van der Waals surface area contributed by atoms with Gasteiger partial charge in [-0.25, -0.2) is 20.2 Å². The number of ether oxygens (including phenoxy) is 1. The van der Waals surface area contributed by atoms with E-state index in [0.29, 0.717) is 17.3 Å². The third-order valence-electron chi connectivity index (χ3n) is 2.85. The molecule has 0 saturated carbocycles. The normalized spacial score (nSPS) is 10.7. The number of benzene rings is 1. The van der Waals surface area contributed by atoms with Crippen LogP contribution in [0.2, 0.25) is 0 Å². The summed E-state index contributed by atoms with van der Waals surface area (Å²) in [6.45, 7) is 5.78. The van der Waals surface area contributed by atoms with Crippen molar-refractivity contribution in [3.63, 3.8) is 0 Å². The standard InChI is InChI=1S/C14H17FN4O/c1-8(2)12-13(19-16)17-7-18-14(12)20-11-6-9(3)4-5-10(11)15/h4-8H,16H2,1-3H3,(H,17,18,19). The summed E-state index contributed by atoms with van der Waals surface area (Å²) in [5.74, 6) is 5.97. The molecule has 0 aliphatic heterocycles. The second-order valence-electron chi connectivity index (χ2n) is 4.78. The molecule has 0 aliphatic carbocycles. The van der Waals surface area contributed by atoms with E-state index >= 15 is 0 Å². The monoisotopic (exact) mass is 276 g/mol. The van der Waals surface area contributed by atoms with Crippen molar-refractivity contribution in [3.8, 4) is 11.6 Å². The van der Waals surface area contributed by atoms with Crippen molar-refractivity contribution in [2.24, 2.45) is 5.84 Å². The molecule has 0 aliphatic rings. The van der Waals surface area contributed by atoms with Crippen LogP contribution in [0.15, 0.2) is 24.5 Å². The van der Waals surface area contributed by atoms with Crippen LogP contribution in [-0.4, -0.2) is 9.97 Å². The van der Waals surface area contributed by atoms with E-state index in [0.717, 1.165) is 5.56 Å². The lowest BCUT2D eigenvalue weighted by molar-refractivity contribution is 0.419. The van der Waals surface area contributed by atoms with Gasteiger partial charge in [0.2, 0.25) is 5.88 Å². The smallest absolute Gasteiger partial charge is 0.228 e. The maximum atomic E-state index is 13.8. The second-order valence-corrected chi connectivity index (χ2v) is 4.78. The molecule has 1 aromatic carbocycles. The first-order valence-electron chi connectivity index (χ1n) is 6.28. The van der Waals surface area contributed by atoms with Gasteiger partial charge in [0.05, 0.1) is 5.56 Å². The number of hydrogen-bond acceptors (Lipinski definition) is 5. The fourth-order valence-electron chi connectivity index (χ4n) is 1.89. The SMILES string of the molecule is Cc1ccc(F)c(Oc2ncnc(NN)c2C(C)C)c1. The zero-order valence-corrected chi connectivity index (χ0v) is 11.6. The first kappa shape index (κ1) is 14.2. The summed E-state index contributed by atoms with van der Waals surface area (Å²) in [6.07, 6.45) is 1.32. The number of hydrogen-bond donors (Lipinski definition) is 2. The summed E-state index contributed by atoms with van der Waals surface area (Å²) in [6, 6.07) is 4.67. The summed E-state index contributed by atoms with van der Waals surface area (Å²) in [5.41, 5.74) is 4.11. The predicted octanol–water partition coefficient (Wildman–Crippen LogP) is 3.13. The summed E-state index contributed by atoms with van der Waals surface area (Å²) < 4.78 is 19.4. The number of anilines is 1. The summed E-state index contributed by atoms with van der Waals surface area (Å²) in [7, 11) is 0. The Morgan fingerprint density at radius 1 is 1.30 bits per heavy atom. The number of nitrogens with two attached hydrogens (primary N) is 1. The molecule has 0 spiro atoms. The van der Waals surface area contributed by atoms with E-state index < -0.39 is 5.82 Å². The lowest BCUT2D eigenvalue weighted by Gasteiger charge is -2.15. The van der Waals surface area contributed by atoms with E-state index in [1.54, 1.807) is 12.1 Å². The number of nitrogens with one attached hydrogen (secondary N) is 1. The number of hydrazine groups is 1. The molecule has 2 rings (SSSR count). The zero-order chi connectivity index (χ0) is 14.7. The zero-order valence-electron chi connectivity index (χ0n) is 11.6. The Kier molecular flexibility index (Phi) is 4.14. The number of aromatic nitrogens is 2. The van der Waals surface area contributed by atoms with Crippen LogP contribution in [0.4, 0.5) is 10.2 Å². The van der Waals surface area contributed by atoms with Crippen LogP contribution in [-0.2, 0) is 0 Å². The first-order valence-corrected chi connectivity index (χ1v) is 6.28. The highest BCUT2D eigenvalue weighted by atomic mass is 19.1. The maximum Gasteiger partial charge on any atom is 0.228 e. The molecular weight excluding hydrogens is 259 g/mol. The number of rotatable bonds is 4. The van der Waals surface area contributed by atoms with Crippen LogP contribution < -0.4 is 16.0 Å². The molecule has 0 amide bonds. The number of nitrogen functional groups attached to an aromatic ring is 1. The van der Waals surface area contributed by atoms with E-state index in [-0.39, 0.29) is 11.7 Å². The van der Waals surface area contributed by atoms with Crippen LogP contribution in [0.3, 0.4) is 0 Å². The van der Waals surface area contributed by atoms with Crippen molar-refractivity contribution < 1.29 is 9.13 Å². The van der Waals surface area contributed by atoms with Gasteiger partial charge < -0.3 is 10.2 Å². The molecule has 6 heteroatoms. The molecule has 20 heavy (non-hydrogen) atoms. The Hall–Kier alpha value is -2.21. The molecule has 0 bridgehead atoms. The average molecular weight is 276 g/mol. The lowest BCUT2D eigenvalue weighted by atomic mass is 10.1. The molecule has 0 fully saturated rings. The Balaban J connectivity index is 2.45. The van der Waals surface area contributed by atoms with Gasteiger partial charge >= 0.3 is 0 Å². The lowest BCUT2D eigenvalue weighted by Crippen LogP contribution is -2.13. The van der Waals surface area contributed by atoms with Crippen molar-refractivity contribution >= 4 is 5.82 Å². The molecule has 1 aromatic heterocycles. The molecule has 0 atom stereocenters. The highest BCUT2D eigenvalue weighted by Crippen LogP contribution is 2.33. The van der Waals surface area contributed by atoms with E-state index in [1.165, 1.54) is 12.4 Å². The van der Waals surface area contributed by atoms with Crippen LogP contribution in [0.25, 0.3) is 0 Å². The molecule has 1 heterocycles. The Bertz CT molecular complexity index is 616. The highest BCUT2D eigenvalue weighted by Gasteiger charge is 2.17. The quantitative estimate of drug-likeness (QED) is 0.663. The molecule has 2 aromatic rings. The predicted molar refractivity (Wildman–Crippen MR) is 75.1 cm³/mol. The van der Waals surface area contributed by atoms with Crippen LogP contribution in [0.5, 0.6) is 11.6 Å². The van der Waals surface area contributed by atoms with Gasteiger partial charge in [-0.1, -0.05) is 19.9 Å². The third-order valence-corrected chi connectivity index (χ3v) is 2.85. The molecule has 0 radical (unpaired) electrons. The first-order chi connectivity index (χ1) is 9.52. The van der Waals surface area contributed by atoms with Gasteiger partial charge in [0.15, 0.2) is 17.4 Å². The van der Waals surface area contributed by atoms with E-state index in [9.17, 15) is 4.39 Å². The summed E-state index contributed by atoms with van der Waals surface area (Å²) in [4.78, 5) is 8.12. The molecule has 0 saturated heterocycles. The average Bonchev–Trinajstić information content (AvgIpc) is 2.42. The Morgan fingerprint density at radius 3 is 2.70 bits per heavy atom. The molecular formula is C14H17FN4O. The molecule has 0 unspecified atom stereocenters. The highest BCUT2D eigenvalue weighted by molar-refractivity contribution is 5.50. The summed E-state index contributed by atoms with van der Waals surface area (Å²) >= 11 is 0. The van der Waals surface area contributed by atoms with Crippen molar-refractivity contribution in [2.45, 2.75) is 26.7 Å². The largest absolute Gasteiger partial charge is 0.435 e. The topological polar surface area (TPSA) is 73.1 Å². The second kappa shape index (κ2) is 5.83. The fraction of sp³-hybridized carbons (Fsp3) is 0.286. The van der Waals surface area contributed by atoms with Gasteiger partial charge in [0.25, 0.3) is 0 Å². The number of halogens is 1. The van der Waals surface area contributed by atoms with Gasteiger partial charge in [0, 0.05) is 0 Å². The van der Waals surface area contributed by atoms with Crippen molar-refractivity contribution in [1.82, 2.24) is 9.97 Å². The van der Waals surface area contributed by atoms with Gasteiger partial charge in [-0.3, -0.25) is 0 Å². The summed E-state index contributed by atoms with van der Waals surface area (Å²) in [5, 5.41) is 0. The van der Waals surface area contributed by atoms with Gasteiger partial charge in [-0.15, -0.1) is 0 Å².